The molecule has 0 unspecified atom stereocenters. The molecule has 3 amide bonds. The Balaban J connectivity index is 1.54. The fourth-order valence-corrected chi connectivity index (χ4v) is 7.27. The van der Waals surface area contributed by atoms with Gasteiger partial charge < -0.3 is 34.7 Å². The normalized spacial score (nSPS) is 31.6. The van der Waals surface area contributed by atoms with E-state index < -0.39 is 59.8 Å². The van der Waals surface area contributed by atoms with Crippen molar-refractivity contribution in [2.45, 2.75) is 75.8 Å². The maximum absolute atomic E-state index is 14.0. The van der Waals surface area contributed by atoms with Gasteiger partial charge in [-0.05, 0) is 78.8 Å². The largest absolute Gasteiger partial charge is 0.446 e. The molecule has 0 radical (unpaired) electrons. The summed E-state index contributed by atoms with van der Waals surface area (Å²) in [6, 6.07) is 8.32. The lowest BCUT2D eigenvalue weighted by molar-refractivity contribution is -0.142. The average Bonchev–Trinajstić information content (AvgIpc) is 3.75. The quantitative estimate of drug-likeness (QED) is 0.136. The van der Waals surface area contributed by atoms with Gasteiger partial charge in [0.05, 0.1) is 23.2 Å². The Labute approximate surface area is 308 Å². The molecule has 50 heavy (non-hydrogen) atoms. The van der Waals surface area contributed by atoms with E-state index in [2.05, 4.69) is 10.6 Å². The summed E-state index contributed by atoms with van der Waals surface area (Å²) < 4.78 is 24.1. The molecule has 2 aromatic carbocycles. The van der Waals surface area contributed by atoms with Crippen LogP contribution in [0.4, 0.5) is 26.7 Å². The Hall–Kier alpha value is -3.70. The number of aliphatic hydroxyl groups is 1. The molecule has 5 rings (SSSR count). The Morgan fingerprint density at radius 2 is 2.02 bits per heavy atom. The summed E-state index contributed by atoms with van der Waals surface area (Å²) in [5, 5.41) is 16.9. The summed E-state index contributed by atoms with van der Waals surface area (Å²) in [5.74, 6) is -0.993. The van der Waals surface area contributed by atoms with Crippen molar-refractivity contribution < 1.29 is 43.2 Å². The zero-order valence-corrected chi connectivity index (χ0v) is 31.1. The number of ether oxygens (including phenoxy) is 4. The Morgan fingerprint density at radius 3 is 2.70 bits per heavy atom. The van der Waals surface area contributed by atoms with E-state index in [4.69, 9.17) is 36.3 Å². The van der Waals surface area contributed by atoms with Gasteiger partial charge >= 0.3 is 12.2 Å². The molecule has 2 fully saturated rings. The zero-order chi connectivity index (χ0) is 36.5. The van der Waals surface area contributed by atoms with Crippen molar-refractivity contribution in [1.82, 2.24) is 5.32 Å². The number of carbonyl (C=O) groups is 4. The van der Waals surface area contributed by atoms with Gasteiger partial charge in [0.2, 0.25) is 5.91 Å². The molecule has 0 aliphatic carbocycles. The van der Waals surface area contributed by atoms with E-state index in [1.165, 1.54) is 19.1 Å². The number of carbonyl (C=O) groups excluding carboxylic acids is 4. The molecule has 0 aromatic heterocycles. The molecular formula is C35H40ClIN4O9. The summed E-state index contributed by atoms with van der Waals surface area (Å²) >= 11 is 8.67. The molecule has 268 valence electrons. The molecule has 7 atom stereocenters. The number of amides is 3. The number of nitrogens with two attached hydrogens (primary N) is 1. The minimum Gasteiger partial charge on any atom is -0.446 e. The Morgan fingerprint density at radius 1 is 1.28 bits per heavy atom. The minimum absolute atomic E-state index is 0.0519. The van der Waals surface area contributed by atoms with Crippen molar-refractivity contribution in [3.05, 3.63) is 73.9 Å². The topological polar surface area (TPSA) is 182 Å². The van der Waals surface area contributed by atoms with E-state index in [1.54, 1.807) is 56.3 Å². The van der Waals surface area contributed by atoms with Crippen LogP contribution in [0.1, 0.15) is 49.5 Å². The summed E-state index contributed by atoms with van der Waals surface area (Å²) in [6.45, 7) is 5.38. The summed E-state index contributed by atoms with van der Waals surface area (Å²) in [5.41, 5.74) is 5.95. The Bertz CT molecular complexity index is 1750. The first-order chi connectivity index (χ1) is 23.6. The third-order valence-electron chi connectivity index (χ3n) is 9.42. The van der Waals surface area contributed by atoms with Gasteiger partial charge in [-0.15, -0.1) is 0 Å². The highest BCUT2D eigenvalue weighted by Crippen LogP contribution is 2.49. The highest BCUT2D eigenvalue weighted by atomic mass is 127. The fraction of sp³-hybridized carbons (Fsp3) is 0.429. The molecule has 3 aliphatic heterocycles. The van der Waals surface area contributed by atoms with E-state index in [1.807, 2.05) is 35.6 Å². The maximum atomic E-state index is 14.0. The number of benzene rings is 2. The van der Waals surface area contributed by atoms with Gasteiger partial charge in [-0.25, -0.2) is 9.59 Å². The fourth-order valence-electron chi connectivity index (χ4n) is 6.48. The highest BCUT2D eigenvalue weighted by Gasteiger charge is 2.64. The zero-order valence-electron chi connectivity index (χ0n) is 28.2. The predicted octanol–water partition coefficient (Wildman–Crippen LogP) is 5.36. The number of rotatable bonds is 4. The first-order valence-electron chi connectivity index (χ1n) is 15.9. The van der Waals surface area contributed by atoms with Crippen molar-refractivity contribution >= 4 is 75.6 Å². The van der Waals surface area contributed by atoms with E-state index in [0.29, 0.717) is 35.3 Å². The lowest BCUT2D eigenvalue weighted by Crippen LogP contribution is -2.63. The maximum Gasteiger partial charge on any atom is 0.412 e. The Kier molecular flexibility index (Phi) is 11.2. The van der Waals surface area contributed by atoms with Crippen molar-refractivity contribution in [1.29, 1.82) is 0 Å². The van der Waals surface area contributed by atoms with E-state index in [0.717, 1.165) is 9.14 Å². The van der Waals surface area contributed by atoms with Crippen LogP contribution >= 0.6 is 34.2 Å². The van der Waals surface area contributed by atoms with Gasteiger partial charge in [-0.1, -0.05) is 42.3 Å². The second-order valence-corrected chi connectivity index (χ2v) is 14.6. The van der Waals surface area contributed by atoms with Crippen LogP contribution in [0.3, 0.4) is 0 Å². The number of methoxy groups -OCH3 is 1. The van der Waals surface area contributed by atoms with Crippen LogP contribution in [0, 0.1) is 9.49 Å². The standard InChI is InChI=1S/C35H40ClIN4O9/c1-18-7-6-8-27(47-5)35(46)16-26(48-33(45)40-35)19(2)31-34(3,50-31)28(49-32(44)39-22-9-10-24(38)23(37)14-22)15-29(43)41(4)25-13-20(11-18)12-21(17-42)30(25)36/h6-10,12-14,17,19,26-28,31,46H,11,15-16,38H2,1-5H3,(H,39,44)(H,40,45)/b8-6+,18-7+/t19-,26+,27-,28+,31+,34+,35+/m1/s1. The predicted molar refractivity (Wildman–Crippen MR) is 195 cm³/mol. The number of nitrogen functional groups attached to an aromatic ring is 1. The van der Waals surface area contributed by atoms with Crippen LogP contribution < -0.4 is 21.3 Å². The van der Waals surface area contributed by atoms with Crippen LogP contribution in [0.2, 0.25) is 5.02 Å². The van der Waals surface area contributed by atoms with E-state index in [-0.39, 0.29) is 23.4 Å². The number of allylic oxidation sites excluding steroid dienone is 3. The first-order valence-corrected chi connectivity index (χ1v) is 17.4. The van der Waals surface area contributed by atoms with Crippen LogP contribution in [0.15, 0.2) is 54.1 Å². The number of aldehydes is 1. The molecule has 15 heteroatoms. The lowest BCUT2D eigenvalue weighted by Gasteiger charge is -2.42. The lowest BCUT2D eigenvalue weighted by atomic mass is 9.83. The van der Waals surface area contributed by atoms with E-state index >= 15 is 0 Å². The van der Waals surface area contributed by atoms with E-state index in [9.17, 15) is 24.3 Å². The number of epoxide rings is 1. The first kappa shape index (κ1) is 37.6. The van der Waals surface area contributed by atoms with Crippen molar-refractivity contribution in [2.75, 3.05) is 30.1 Å². The second-order valence-electron chi connectivity index (χ2n) is 13.1. The molecule has 2 saturated heterocycles. The molecule has 5 N–H and O–H groups in total. The molecule has 3 heterocycles. The molecule has 0 spiro atoms. The number of anilines is 3. The van der Waals surface area contributed by atoms with Crippen molar-refractivity contribution in [3.63, 3.8) is 0 Å². The van der Waals surface area contributed by atoms with Gasteiger partial charge in [0.25, 0.3) is 0 Å². The third kappa shape index (κ3) is 7.94. The molecule has 3 aliphatic rings. The van der Waals surface area contributed by atoms with Gasteiger partial charge in [-0.3, -0.25) is 20.2 Å². The van der Waals surface area contributed by atoms with Crippen molar-refractivity contribution in [3.8, 4) is 0 Å². The highest BCUT2D eigenvalue weighted by molar-refractivity contribution is 14.1. The van der Waals surface area contributed by atoms with Gasteiger partial charge in [0.1, 0.15) is 23.9 Å². The number of nitrogens with zero attached hydrogens (tertiary/aromatic N) is 1. The molecule has 4 bridgehead atoms. The summed E-state index contributed by atoms with van der Waals surface area (Å²) in [6.07, 6.45) is 0.540. The molecular weight excluding hydrogens is 783 g/mol. The number of alkyl carbamates (subject to hydrolysis) is 1. The number of hydrogen-bond acceptors (Lipinski definition) is 10. The van der Waals surface area contributed by atoms with Gasteiger partial charge in [-0.2, -0.15) is 0 Å². The van der Waals surface area contributed by atoms with Gasteiger partial charge in [0.15, 0.2) is 12.0 Å². The second kappa shape index (κ2) is 14.9. The van der Waals surface area contributed by atoms with Crippen LogP contribution in [-0.4, -0.2) is 79.4 Å². The summed E-state index contributed by atoms with van der Waals surface area (Å²) in [4.78, 5) is 53.4. The number of nitrogens with one attached hydrogen (secondary N) is 2. The van der Waals surface area contributed by atoms with Crippen molar-refractivity contribution in [2.24, 2.45) is 5.92 Å². The SMILES string of the molecule is CO[C@@H]1/C=C/C=C(\C)Cc2cc(C=O)c(Cl)c(c2)N(C)C(=O)C[C@H](OC(=O)Nc2ccc(N)c(I)c2)[C@]2(C)O[C@H]2[C@H](C)[C@@H]2C[C@@]1(O)NC(=O)O2. The molecule has 2 aromatic rings. The monoisotopic (exact) mass is 822 g/mol. The van der Waals surface area contributed by atoms with Gasteiger partial charge in [0, 0.05) is 47.0 Å². The molecule has 13 nitrogen and oxygen atoms in total. The minimum atomic E-state index is -1.83. The molecule has 0 saturated carbocycles. The van der Waals surface area contributed by atoms with Crippen LogP contribution in [0.25, 0.3) is 0 Å². The summed E-state index contributed by atoms with van der Waals surface area (Å²) in [7, 11) is 2.95. The third-order valence-corrected chi connectivity index (χ3v) is 10.8. The number of halogens is 2. The van der Waals surface area contributed by atoms with Crippen LogP contribution in [0.5, 0.6) is 0 Å². The number of hydrogen-bond donors (Lipinski definition) is 4. The smallest absolute Gasteiger partial charge is 0.412 e. The average molecular weight is 823 g/mol. The van der Waals surface area contributed by atoms with Crippen LogP contribution in [-0.2, 0) is 30.2 Å². The number of fused-ring (bicyclic) bond motifs is 5.